The standard InChI is InChI=1S/C18H19ClN2O4S/c1-11-5-7-13(10-14(11)19)21-15-8-6-12(20-26(4,23)24)9-16(15)25-18(2,3)17(21)22/h5-10,20H,1-4H3. The first-order valence-electron chi connectivity index (χ1n) is 7.89. The van der Waals surface area contributed by atoms with Crippen LogP contribution in [0.15, 0.2) is 36.4 Å². The molecule has 0 saturated heterocycles. The van der Waals surface area contributed by atoms with Gasteiger partial charge < -0.3 is 4.74 Å². The maximum atomic E-state index is 13.0. The van der Waals surface area contributed by atoms with Gasteiger partial charge in [-0.1, -0.05) is 17.7 Å². The molecule has 0 aliphatic carbocycles. The summed E-state index contributed by atoms with van der Waals surface area (Å²) < 4.78 is 31.2. The van der Waals surface area contributed by atoms with E-state index in [0.717, 1.165) is 11.8 Å². The van der Waals surface area contributed by atoms with Crippen molar-refractivity contribution in [3.05, 3.63) is 47.0 Å². The number of nitrogens with zero attached hydrogens (tertiary/aromatic N) is 1. The summed E-state index contributed by atoms with van der Waals surface area (Å²) in [5.41, 5.74) is 1.29. The average Bonchev–Trinajstić information content (AvgIpc) is 2.50. The molecule has 1 heterocycles. The molecule has 0 atom stereocenters. The van der Waals surface area contributed by atoms with Crippen LogP contribution in [0.5, 0.6) is 5.75 Å². The molecule has 138 valence electrons. The van der Waals surface area contributed by atoms with Crippen molar-refractivity contribution in [1.82, 2.24) is 0 Å². The smallest absolute Gasteiger partial charge is 0.275 e. The van der Waals surface area contributed by atoms with E-state index >= 15 is 0 Å². The molecule has 2 aromatic rings. The predicted molar refractivity (Wildman–Crippen MR) is 103 cm³/mol. The van der Waals surface area contributed by atoms with Crippen LogP contribution in [0.3, 0.4) is 0 Å². The van der Waals surface area contributed by atoms with E-state index in [4.69, 9.17) is 16.3 Å². The van der Waals surface area contributed by atoms with E-state index in [1.54, 1.807) is 38.1 Å². The van der Waals surface area contributed by atoms with Crippen molar-refractivity contribution in [3.63, 3.8) is 0 Å². The molecule has 0 saturated carbocycles. The number of rotatable bonds is 3. The monoisotopic (exact) mass is 394 g/mol. The summed E-state index contributed by atoms with van der Waals surface area (Å²) in [4.78, 5) is 14.5. The fourth-order valence-electron chi connectivity index (χ4n) is 2.73. The van der Waals surface area contributed by atoms with Gasteiger partial charge in [0.05, 0.1) is 23.3 Å². The second-order valence-corrected chi connectivity index (χ2v) is 8.90. The number of halogens is 1. The van der Waals surface area contributed by atoms with Crippen LogP contribution in [0.25, 0.3) is 0 Å². The summed E-state index contributed by atoms with van der Waals surface area (Å²) in [7, 11) is -3.42. The van der Waals surface area contributed by atoms with Crippen molar-refractivity contribution in [2.75, 3.05) is 15.9 Å². The molecule has 6 nitrogen and oxygen atoms in total. The largest absolute Gasteiger partial charge is 0.476 e. The third-order valence-corrected chi connectivity index (χ3v) is 5.01. The van der Waals surface area contributed by atoms with Crippen LogP contribution in [-0.2, 0) is 14.8 Å². The third kappa shape index (κ3) is 3.50. The third-order valence-electron chi connectivity index (χ3n) is 4.00. The highest BCUT2D eigenvalue weighted by Gasteiger charge is 2.41. The Bertz CT molecular complexity index is 1000. The lowest BCUT2D eigenvalue weighted by atomic mass is 10.0. The lowest BCUT2D eigenvalue weighted by molar-refractivity contribution is -0.131. The van der Waals surface area contributed by atoms with E-state index in [1.807, 2.05) is 19.1 Å². The molecule has 0 bridgehead atoms. The second kappa shape index (κ2) is 6.17. The summed E-state index contributed by atoms with van der Waals surface area (Å²) in [6.07, 6.45) is 1.07. The molecular formula is C18H19ClN2O4S. The highest BCUT2D eigenvalue weighted by molar-refractivity contribution is 7.92. The molecular weight excluding hydrogens is 376 g/mol. The molecule has 0 unspecified atom stereocenters. The number of ether oxygens (including phenoxy) is 1. The Morgan fingerprint density at radius 2 is 1.85 bits per heavy atom. The summed E-state index contributed by atoms with van der Waals surface area (Å²) in [6.45, 7) is 5.21. The number of hydrogen-bond acceptors (Lipinski definition) is 4. The fraction of sp³-hybridized carbons (Fsp3) is 0.278. The summed E-state index contributed by atoms with van der Waals surface area (Å²) >= 11 is 6.23. The fourth-order valence-corrected chi connectivity index (χ4v) is 3.46. The van der Waals surface area contributed by atoms with Crippen molar-refractivity contribution in [1.29, 1.82) is 0 Å². The van der Waals surface area contributed by atoms with Crippen LogP contribution in [0, 0.1) is 6.92 Å². The van der Waals surface area contributed by atoms with Gasteiger partial charge in [-0.2, -0.15) is 0 Å². The van der Waals surface area contributed by atoms with Crippen LogP contribution in [0.4, 0.5) is 17.1 Å². The zero-order valence-corrected chi connectivity index (χ0v) is 16.4. The maximum absolute atomic E-state index is 13.0. The van der Waals surface area contributed by atoms with E-state index in [2.05, 4.69) is 4.72 Å². The quantitative estimate of drug-likeness (QED) is 0.857. The molecule has 1 amide bonds. The van der Waals surface area contributed by atoms with E-state index in [1.165, 1.54) is 4.90 Å². The van der Waals surface area contributed by atoms with Crippen LogP contribution in [0.1, 0.15) is 19.4 Å². The number of nitrogens with one attached hydrogen (secondary N) is 1. The molecule has 8 heteroatoms. The van der Waals surface area contributed by atoms with Gasteiger partial charge in [-0.05, 0) is 50.6 Å². The Morgan fingerprint density at radius 1 is 1.15 bits per heavy atom. The first-order valence-corrected chi connectivity index (χ1v) is 10.2. The number of amides is 1. The highest BCUT2D eigenvalue weighted by Crippen LogP contribution is 2.43. The van der Waals surface area contributed by atoms with Gasteiger partial charge in [0.15, 0.2) is 5.60 Å². The molecule has 0 spiro atoms. The summed E-state index contributed by atoms with van der Waals surface area (Å²) in [6, 6.07) is 10.2. The van der Waals surface area contributed by atoms with Gasteiger partial charge in [-0.25, -0.2) is 8.42 Å². The van der Waals surface area contributed by atoms with Crippen LogP contribution >= 0.6 is 11.6 Å². The summed E-state index contributed by atoms with van der Waals surface area (Å²) in [5, 5.41) is 0.552. The summed E-state index contributed by atoms with van der Waals surface area (Å²) in [5.74, 6) is 0.161. The van der Waals surface area contributed by atoms with Gasteiger partial charge >= 0.3 is 0 Å². The second-order valence-electron chi connectivity index (χ2n) is 6.74. The first kappa shape index (κ1) is 18.5. The number of fused-ring (bicyclic) bond motifs is 1. The van der Waals surface area contributed by atoms with Gasteiger partial charge in [-0.3, -0.25) is 14.4 Å². The number of carbonyl (C=O) groups excluding carboxylic acids is 1. The lowest BCUT2D eigenvalue weighted by Gasteiger charge is -2.39. The molecule has 1 aliphatic heterocycles. The molecule has 1 aliphatic rings. The minimum Gasteiger partial charge on any atom is -0.476 e. The molecule has 2 aromatic carbocycles. The van der Waals surface area contributed by atoms with Crippen LogP contribution in [-0.4, -0.2) is 26.2 Å². The topological polar surface area (TPSA) is 75.7 Å². The zero-order chi connectivity index (χ0) is 19.3. The van der Waals surface area contributed by atoms with Gasteiger partial charge in [0.25, 0.3) is 5.91 Å². The van der Waals surface area contributed by atoms with Crippen molar-refractivity contribution >= 4 is 44.6 Å². The van der Waals surface area contributed by atoms with E-state index in [-0.39, 0.29) is 5.91 Å². The van der Waals surface area contributed by atoms with Crippen molar-refractivity contribution in [2.24, 2.45) is 0 Å². The SMILES string of the molecule is Cc1ccc(N2C(=O)C(C)(C)Oc3cc(NS(C)(=O)=O)ccc32)cc1Cl. The molecule has 0 aromatic heterocycles. The Labute approximate surface area is 157 Å². The predicted octanol–water partition coefficient (Wildman–Crippen LogP) is 3.86. The zero-order valence-electron chi connectivity index (χ0n) is 14.8. The van der Waals surface area contributed by atoms with Crippen molar-refractivity contribution in [3.8, 4) is 5.75 Å². The van der Waals surface area contributed by atoms with Crippen LogP contribution in [0.2, 0.25) is 5.02 Å². The van der Waals surface area contributed by atoms with Crippen molar-refractivity contribution in [2.45, 2.75) is 26.4 Å². The highest BCUT2D eigenvalue weighted by atomic mass is 35.5. The van der Waals surface area contributed by atoms with Crippen molar-refractivity contribution < 1.29 is 17.9 Å². The van der Waals surface area contributed by atoms with Gasteiger partial charge in [-0.15, -0.1) is 0 Å². The normalized spacial score (nSPS) is 16.0. The number of anilines is 3. The first-order chi connectivity index (χ1) is 12.0. The number of carbonyl (C=O) groups is 1. The van der Waals surface area contributed by atoms with Gasteiger partial charge in [0, 0.05) is 11.1 Å². The maximum Gasteiger partial charge on any atom is 0.275 e. The molecule has 3 rings (SSSR count). The Balaban J connectivity index is 2.14. The molecule has 26 heavy (non-hydrogen) atoms. The molecule has 0 radical (unpaired) electrons. The van der Waals surface area contributed by atoms with E-state index in [9.17, 15) is 13.2 Å². The number of aryl methyl sites for hydroxylation is 1. The number of hydrogen-bond donors (Lipinski definition) is 1. The number of benzene rings is 2. The van der Waals surface area contributed by atoms with Crippen LogP contribution < -0.4 is 14.4 Å². The molecule has 1 N–H and O–H groups in total. The Morgan fingerprint density at radius 3 is 2.46 bits per heavy atom. The Hall–Kier alpha value is -2.25. The van der Waals surface area contributed by atoms with Gasteiger partial charge in [0.2, 0.25) is 10.0 Å². The number of sulfonamides is 1. The average molecular weight is 395 g/mol. The molecule has 0 fully saturated rings. The minimum absolute atomic E-state index is 0.242. The Kier molecular flexibility index (Phi) is 4.40. The van der Waals surface area contributed by atoms with E-state index in [0.29, 0.717) is 27.8 Å². The minimum atomic E-state index is -3.42. The van der Waals surface area contributed by atoms with E-state index < -0.39 is 15.6 Å². The lowest BCUT2D eigenvalue weighted by Crippen LogP contribution is -2.50. The van der Waals surface area contributed by atoms with Gasteiger partial charge in [0.1, 0.15) is 5.75 Å².